The fourth-order valence-electron chi connectivity index (χ4n) is 1.64. The van der Waals surface area contributed by atoms with Gasteiger partial charge in [0.2, 0.25) is 0 Å². The molecule has 0 unspecified atom stereocenters. The van der Waals surface area contributed by atoms with Gasteiger partial charge >= 0.3 is 0 Å². The molecule has 2 aliphatic heterocycles. The van der Waals surface area contributed by atoms with Crippen molar-refractivity contribution in [3.8, 4) is 0 Å². The molecule has 13 heavy (non-hydrogen) atoms. The van der Waals surface area contributed by atoms with Crippen molar-refractivity contribution in [2.45, 2.75) is 24.4 Å². The van der Waals surface area contributed by atoms with Crippen LogP contribution in [0.25, 0.3) is 0 Å². The van der Waals surface area contributed by atoms with E-state index in [4.69, 9.17) is 9.47 Å². The van der Waals surface area contributed by atoms with E-state index in [0.29, 0.717) is 0 Å². The van der Waals surface area contributed by atoms with Crippen molar-refractivity contribution in [2.75, 3.05) is 13.2 Å². The van der Waals surface area contributed by atoms with E-state index in [0.717, 1.165) is 0 Å². The van der Waals surface area contributed by atoms with E-state index in [-0.39, 0.29) is 13.2 Å². The number of aliphatic hydroxyl groups excluding tert-OH is 1. The Balaban J connectivity index is 1.98. The van der Waals surface area contributed by atoms with Gasteiger partial charge in [0, 0.05) is 0 Å². The van der Waals surface area contributed by atoms with E-state index < -0.39 is 29.5 Å². The molecule has 0 aromatic carbocycles. The third-order valence-corrected chi connectivity index (χ3v) is 2.20. The third-order valence-electron chi connectivity index (χ3n) is 2.20. The van der Waals surface area contributed by atoms with Crippen molar-refractivity contribution < 1.29 is 24.5 Å². The SMILES string of the molecule is O=[N+]([O-])O[13C@H]1[13CH2]O[13C@H]2[13C@@H]1O[13CH2][13C@H]2O. The Hall–Kier alpha value is -0.920. The molecule has 0 aromatic heterocycles. The molecule has 0 aliphatic carbocycles. The van der Waals surface area contributed by atoms with Gasteiger partial charge in [-0.1, -0.05) is 0 Å². The quantitative estimate of drug-likeness (QED) is 0.337. The summed E-state index contributed by atoms with van der Waals surface area (Å²) in [5.74, 6) is 0. The molecule has 0 radical (unpaired) electrons. The Morgan fingerprint density at radius 1 is 1.38 bits per heavy atom. The lowest BCUT2D eigenvalue weighted by atomic mass is 11.1. The Kier molecular flexibility index (Phi) is 2.06. The second-order valence-corrected chi connectivity index (χ2v) is 3.03. The van der Waals surface area contributed by atoms with Gasteiger partial charge in [-0.2, -0.15) is 0 Å². The molecule has 2 saturated heterocycles. The molecule has 1 N–H and O–H groups in total. The molecule has 2 rings (SSSR count). The van der Waals surface area contributed by atoms with E-state index in [1.165, 1.54) is 0 Å². The van der Waals surface area contributed by atoms with Gasteiger partial charge in [0.25, 0.3) is 5.09 Å². The van der Waals surface area contributed by atoms with E-state index in [1.54, 1.807) is 0 Å². The van der Waals surface area contributed by atoms with E-state index in [2.05, 4.69) is 4.84 Å². The average molecular weight is 197 g/mol. The molecule has 7 nitrogen and oxygen atoms in total. The second kappa shape index (κ2) is 3.09. The number of rotatable bonds is 2. The lowest BCUT2D eigenvalue weighted by molar-refractivity contribution is -0.769. The first-order valence-corrected chi connectivity index (χ1v) is 3.91. The molecule has 2 aliphatic rings. The highest BCUT2D eigenvalue weighted by atomic mass is 17.0. The second-order valence-electron chi connectivity index (χ2n) is 3.03. The zero-order chi connectivity index (χ0) is 9.42. The van der Waals surface area contributed by atoms with Crippen molar-refractivity contribution in [3.63, 3.8) is 0 Å². The smallest absolute Gasteiger partial charge is 0.294 e. The monoisotopic (exact) mass is 197 g/mol. The average Bonchev–Trinajstić information content (AvgIpc) is 2.56. The van der Waals surface area contributed by atoms with Crippen LogP contribution in [0, 0.1) is 10.1 Å². The van der Waals surface area contributed by atoms with Crippen molar-refractivity contribution in [1.29, 1.82) is 0 Å². The summed E-state index contributed by atoms with van der Waals surface area (Å²) in [6.07, 6.45) is -2.41. The normalized spacial score (nSPS) is 43.2. The zero-order valence-electron chi connectivity index (χ0n) is 6.66. The molecular formula is C6H9NO6. The Labute approximate surface area is 73.3 Å². The molecule has 0 saturated carbocycles. The minimum atomic E-state index is -0.871. The molecule has 7 heteroatoms. The van der Waals surface area contributed by atoms with Crippen molar-refractivity contribution in [1.82, 2.24) is 0 Å². The molecule has 2 heterocycles. The van der Waals surface area contributed by atoms with Crippen LogP contribution in [-0.2, 0) is 14.3 Å². The maximum atomic E-state index is 10.0. The highest BCUT2D eigenvalue weighted by Crippen LogP contribution is 2.28. The van der Waals surface area contributed by atoms with Crippen molar-refractivity contribution in [3.05, 3.63) is 10.1 Å². The van der Waals surface area contributed by atoms with Gasteiger partial charge in [0.05, 0.1) is 13.2 Å². The summed E-state index contributed by atoms with van der Waals surface area (Å²) in [5, 5.41) is 18.4. The first kappa shape index (κ1) is 8.67. The number of fused-ring (bicyclic) bond motifs is 1. The predicted molar refractivity (Wildman–Crippen MR) is 37.4 cm³/mol. The fraction of sp³-hybridized carbons (Fsp3) is 1.00. The van der Waals surface area contributed by atoms with Gasteiger partial charge in [-0.05, 0) is 0 Å². The van der Waals surface area contributed by atoms with Gasteiger partial charge in [-0.25, -0.2) is 0 Å². The van der Waals surface area contributed by atoms with Crippen LogP contribution >= 0.6 is 0 Å². The lowest BCUT2D eigenvalue weighted by Gasteiger charge is -2.12. The fourth-order valence-corrected chi connectivity index (χ4v) is 1.64. The summed E-state index contributed by atoms with van der Waals surface area (Å²) in [5.41, 5.74) is 0. The van der Waals surface area contributed by atoms with Crippen LogP contribution in [0.15, 0.2) is 0 Å². The summed E-state index contributed by atoms with van der Waals surface area (Å²) in [6, 6.07) is 0. The highest BCUT2D eigenvalue weighted by Gasteiger charge is 2.48. The van der Waals surface area contributed by atoms with Crippen LogP contribution < -0.4 is 0 Å². The van der Waals surface area contributed by atoms with Crippen LogP contribution in [-0.4, -0.2) is 47.8 Å². The number of nitrogens with zero attached hydrogens (tertiary/aromatic N) is 1. The summed E-state index contributed by atoms with van der Waals surface area (Å²) in [7, 11) is 0. The van der Waals surface area contributed by atoms with Gasteiger partial charge in [0.1, 0.15) is 18.3 Å². The summed E-state index contributed by atoms with van der Waals surface area (Å²) >= 11 is 0. The predicted octanol–water partition coefficient (Wildman–Crippen LogP) is -1.28. The highest BCUT2D eigenvalue weighted by molar-refractivity contribution is 4.94. The molecule has 0 bridgehead atoms. The summed E-state index contributed by atoms with van der Waals surface area (Å²) in [6.45, 7) is 0.236. The number of aliphatic hydroxyl groups is 1. The number of hydrogen-bond acceptors (Lipinski definition) is 6. The van der Waals surface area contributed by atoms with Gasteiger partial charge < -0.3 is 19.4 Å². The maximum absolute atomic E-state index is 10.0. The van der Waals surface area contributed by atoms with Gasteiger partial charge in [-0.3, -0.25) is 0 Å². The van der Waals surface area contributed by atoms with E-state index >= 15 is 0 Å². The van der Waals surface area contributed by atoms with Crippen LogP contribution in [0.4, 0.5) is 0 Å². The maximum Gasteiger partial charge on any atom is 0.294 e. The lowest BCUT2D eigenvalue weighted by Crippen LogP contribution is -2.33. The van der Waals surface area contributed by atoms with Crippen molar-refractivity contribution >= 4 is 0 Å². The standard InChI is InChI=1S/C6H9NO6/c8-3-1-11-6-4(13-7(9)10)2-12-5(3)6/h3-6,8H,1-2H2/t3-,4+,5-,6-/m1/s1/i1+1,2+1,3+1,4+1,5+1,6+1. The van der Waals surface area contributed by atoms with Crippen LogP contribution in [0.2, 0.25) is 0 Å². The minimum absolute atomic E-state index is 0.0906. The number of hydrogen-bond donors (Lipinski definition) is 1. The third kappa shape index (κ3) is 1.45. The molecule has 0 aromatic rings. The molecule has 0 amide bonds. The van der Waals surface area contributed by atoms with Crippen LogP contribution in [0.1, 0.15) is 0 Å². The largest absolute Gasteiger partial charge is 0.388 e. The van der Waals surface area contributed by atoms with Gasteiger partial charge in [-0.15, -0.1) is 10.1 Å². The first-order valence-electron chi connectivity index (χ1n) is 3.91. The minimum Gasteiger partial charge on any atom is -0.388 e. The molecule has 2 fully saturated rings. The van der Waals surface area contributed by atoms with Gasteiger partial charge in [0.15, 0.2) is 6.10 Å². The summed E-state index contributed by atoms with van der Waals surface area (Å²) < 4.78 is 10.2. The summed E-state index contributed by atoms with van der Waals surface area (Å²) in [4.78, 5) is 14.4. The molecule has 4 atom stereocenters. The Morgan fingerprint density at radius 3 is 2.77 bits per heavy atom. The first-order chi connectivity index (χ1) is 6.18. The zero-order valence-corrected chi connectivity index (χ0v) is 6.66. The molecule has 74 valence electrons. The van der Waals surface area contributed by atoms with Crippen molar-refractivity contribution in [2.24, 2.45) is 0 Å². The van der Waals surface area contributed by atoms with E-state index in [9.17, 15) is 15.2 Å². The van der Waals surface area contributed by atoms with Crippen LogP contribution in [0.5, 0.6) is 0 Å². The Morgan fingerprint density at radius 2 is 2.08 bits per heavy atom. The Bertz CT molecular complexity index is 221. The molecular weight excluding hydrogens is 188 g/mol. The van der Waals surface area contributed by atoms with Crippen LogP contribution in [0.3, 0.4) is 0 Å². The topological polar surface area (TPSA) is 91.1 Å². The molecule has 0 spiro atoms. The van der Waals surface area contributed by atoms with E-state index in [1.807, 2.05) is 0 Å². The number of ether oxygens (including phenoxy) is 2.